The Balaban J connectivity index is 1.65. The molecular weight excluding hydrogens is 306 g/mol. The van der Waals surface area contributed by atoms with Gasteiger partial charge in [0.1, 0.15) is 6.54 Å². The third kappa shape index (κ3) is 3.27. The molecular formula is C18H23N3O3. The highest BCUT2D eigenvalue weighted by Crippen LogP contribution is 2.33. The molecule has 2 saturated heterocycles. The second-order valence-corrected chi connectivity index (χ2v) is 6.71. The number of aryl methyl sites for hydroxylation is 1. The number of hydrogen-bond acceptors (Lipinski definition) is 3. The maximum absolute atomic E-state index is 12.6. The Bertz CT molecular complexity index is 673. The average molecular weight is 329 g/mol. The molecule has 0 radical (unpaired) electrons. The lowest BCUT2D eigenvalue weighted by molar-refractivity contribution is -0.133. The van der Waals surface area contributed by atoms with Gasteiger partial charge in [0, 0.05) is 31.5 Å². The van der Waals surface area contributed by atoms with E-state index in [1.165, 1.54) is 16.0 Å². The second-order valence-electron chi connectivity index (χ2n) is 6.71. The van der Waals surface area contributed by atoms with Crippen LogP contribution in [0.5, 0.6) is 0 Å². The van der Waals surface area contributed by atoms with Crippen LogP contribution in [-0.4, -0.2) is 53.3 Å². The van der Waals surface area contributed by atoms with E-state index in [1.54, 1.807) is 0 Å². The molecule has 6 nitrogen and oxygen atoms in total. The Hall–Kier alpha value is -2.37. The molecule has 2 atom stereocenters. The van der Waals surface area contributed by atoms with E-state index in [2.05, 4.69) is 31.3 Å². The zero-order valence-electron chi connectivity index (χ0n) is 14.1. The number of imide groups is 1. The van der Waals surface area contributed by atoms with Gasteiger partial charge < -0.3 is 9.80 Å². The number of urea groups is 1. The first kappa shape index (κ1) is 16.5. The van der Waals surface area contributed by atoms with Crippen LogP contribution in [0.1, 0.15) is 36.8 Å². The van der Waals surface area contributed by atoms with Gasteiger partial charge in [0.15, 0.2) is 0 Å². The van der Waals surface area contributed by atoms with Crippen molar-refractivity contribution in [1.82, 2.24) is 15.1 Å². The number of amides is 4. The summed E-state index contributed by atoms with van der Waals surface area (Å²) in [5.41, 5.74) is 2.54. The lowest BCUT2D eigenvalue weighted by atomic mass is 9.93. The normalized spacial score (nSPS) is 24.2. The van der Waals surface area contributed by atoms with E-state index >= 15 is 0 Å². The van der Waals surface area contributed by atoms with Crippen LogP contribution in [0.4, 0.5) is 4.79 Å². The predicted octanol–water partition coefficient (Wildman–Crippen LogP) is 1.64. The zero-order valence-corrected chi connectivity index (χ0v) is 14.1. The Morgan fingerprint density at radius 3 is 2.75 bits per heavy atom. The number of nitrogens with zero attached hydrogens (tertiary/aromatic N) is 2. The lowest BCUT2D eigenvalue weighted by Gasteiger charge is -2.29. The van der Waals surface area contributed by atoms with E-state index in [0.717, 1.165) is 6.42 Å². The minimum absolute atomic E-state index is 0.0317. The molecule has 1 N–H and O–H groups in total. The minimum atomic E-state index is -0.470. The van der Waals surface area contributed by atoms with Gasteiger partial charge in [-0.15, -0.1) is 0 Å². The quantitative estimate of drug-likeness (QED) is 0.916. The van der Waals surface area contributed by atoms with E-state index in [1.807, 2.05) is 17.0 Å². The van der Waals surface area contributed by atoms with Crippen LogP contribution in [0.25, 0.3) is 0 Å². The summed E-state index contributed by atoms with van der Waals surface area (Å²) < 4.78 is 0. The number of hydrogen-bond donors (Lipinski definition) is 1. The van der Waals surface area contributed by atoms with Gasteiger partial charge in [-0.1, -0.05) is 24.3 Å². The third-order valence-electron chi connectivity index (χ3n) is 4.99. The fourth-order valence-electron chi connectivity index (χ4n) is 3.65. The van der Waals surface area contributed by atoms with Crippen LogP contribution < -0.4 is 5.32 Å². The van der Waals surface area contributed by atoms with Crippen LogP contribution in [0.15, 0.2) is 24.3 Å². The summed E-state index contributed by atoms with van der Waals surface area (Å²) in [5, 5.41) is 2.26. The molecule has 1 aromatic carbocycles. The lowest BCUT2D eigenvalue weighted by Crippen LogP contribution is -2.53. The minimum Gasteiger partial charge on any atom is -0.338 e. The molecule has 0 bridgehead atoms. The molecule has 0 unspecified atom stereocenters. The summed E-state index contributed by atoms with van der Waals surface area (Å²) in [5.74, 6) is 0.00264. The van der Waals surface area contributed by atoms with Gasteiger partial charge in [0.05, 0.1) is 0 Å². The van der Waals surface area contributed by atoms with Crippen molar-refractivity contribution in [3.63, 3.8) is 0 Å². The summed E-state index contributed by atoms with van der Waals surface area (Å²) in [4.78, 5) is 38.9. The van der Waals surface area contributed by atoms with Gasteiger partial charge in [0.2, 0.25) is 11.8 Å². The van der Waals surface area contributed by atoms with Crippen molar-refractivity contribution >= 4 is 17.8 Å². The monoisotopic (exact) mass is 329 g/mol. The first-order valence-electron chi connectivity index (χ1n) is 8.39. The average Bonchev–Trinajstić information content (AvgIpc) is 2.92. The van der Waals surface area contributed by atoms with Crippen molar-refractivity contribution < 1.29 is 14.4 Å². The van der Waals surface area contributed by atoms with Gasteiger partial charge in [-0.2, -0.15) is 0 Å². The molecule has 24 heavy (non-hydrogen) atoms. The van der Waals surface area contributed by atoms with E-state index < -0.39 is 6.03 Å². The van der Waals surface area contributed by atoms with Gasteiger partial charge in [-0.3, -0.25) is 14.9 Å². The van der Waals surface area contributed by atoms with Crippen LogP contribution >= 0.6 is 0 Å². The van der Waals surface area contributed by atoms with Crippen molar-refractivity contribution in [2.24, 2.45) is 0 Å². The number of benzene rings is 1. The van der Waals surface area contributed by atoms with Gasteiger partial charge >= 0.3 is 6.03 Å². The Kier molecular flexibility index (Phi) is 4.55. The molecule has 0 saturated carbocycles. The smallest absolute Gasteiger partial charge is 0.324 e. The molecule has 0 spiro atoms. The summed E-state index contributed by atoms with van der Waals surface area (Å²) in [6.07, 6.45) is 1.18. The number of carbonyl (C=O) groups is 3. The van der Waals surface area contributed by atoms with Gasteiger partial charge in [-0.25, -0.2) is 4.79 Å². The van der Waals surface area contributed by atoms with Crippen LogP contribution in [0.3, 0.4) is 0 Å². The van der Waals surface area contributed by atoms with Crippen molar-refractivity contribution in [3.8, 4) is 0 Å². The molecule has 4 amide bonds. The molecule has 2 aliphatic rings. The van der Waals surface area contributed by atoms with Crippen LogP contribution in [0.2, 0.25) is 0 Å². The predicted molar refractivity (Wildman–Crippen MR) is 89.4 cm³/mol. The molecule has 3 rings (SSSR count). The zero-order chi connectivity index (χ0) is 17.3. The highest BCUT2D eigenvalue weighted by Gasteiger charge is 2.35. The number of carbonyl (C=O) groups excluding carboxylic acids is 3. The summed E-state index contributed by atoms with van der Waals surface area (Å²) in [6, 6.07) is 7.96. The van der Waals surface area contributed by atoms with E-state index in [0.29, 0.717) is 19.0 Å². The first-order chi connectivity index (χ1) is 11.5. The summed E-state index contributed by atoms with van der Waals surface area (Å²) >= 11 is 0. The molecule has 6 heteroatoms. The first-order valence-corrected chi connectivity index (χ1v) is 8.39. The molecule has 0 aliphatic carbocycles. The van der Waals surface area contributed by atoms with E-state index in [-0.39, 0.29) is 30.8 Å². The Morgan fingerprint density at radius 1 is 1.29 bits per heavy atom. The largest absolute Gasteiger partial charge is 0.338 e. The number of rotatable bonds is 3. The van der Waals surface area contributed by atoms with Crippen LogP contribution in [0, 0.1) is 6.92 Å². The standard InChI is InChI=1S/C18H23N3O3/c1-12-5-3-4-6-15(12)14-9-13(2)21(10-14)17(23)11-20-8-7-16(22)19-18(20)24/h3-6,13-14H,7-11H2,1-2H3,(H,19,22,24)/t13-,14-/m1/s1. The molecule has 2 fully saturated rings. The fraction of sp³-hybridized carbons (Fsp3) is 0.500. The maximum Gasteiger partial charge on any atom is 0.324 e. The fourth-order valence-corrected chi connectivity index (χ4v) is 3.65. The number of likely N-dealkylation sites (tertiary alicyclic amines) is 1. The van der Waals surface area contributed by atoms with Crippen molar-refractivity contribution in [2.75, 3.05) is 19.6 Å². The van der Waals surface area contributed by atoms with Crippen LogP contribution in [-0.2, 0) is 9.59 Å². The van der Waals surface area contributed by atoms with Crippen molar-refractivity contribution in [2.45, 2.75) is 38.6 Å². The highest BCUT2D eigenvalue weighted by molar-refractivity contribution is 5.98. The molecule has 1 aromatic rings. The molecule has 128 valence electrons. The van der Waals surface area contributed by atoms with Crippen molar-refractivity contribution in [3.05, 3.63) is 35.4 Å². The second kappa shape index (κ2) is 6.63. The maximum atomic E-state index is 12.6. The third-order valence-corrected chi connectivity index (χ3v) is 4.99. The SMILES string of the molecule is Cc1ccccc1[C@@H]1C[C@@H](C)N(C(=O)CN2CCC(=O)NC2=O)C1. The molecule has 2 aliphatic heterocycles. The molecule has 0 aromatic heterocycles. The van der Waals surface area contributed by atoms with Crippen molar-refractivity contribution in [1.29, 1.82) is 0 Å². The summed E-state index contributed by atoms with van der Waals surface area (Å²) in [7, 11) is 0. The van der Waals surface area contributed by atoms with Gasteiger partial charge in [-0.05, 0) is 31.4 Å². The Labute approximate surface area is 141 Å². The Morgan fingerprint density at radius 2 is 2.04 bits per heavy atom. The topological polar surface area (TPSA) is 69.7 Å². The van der Waals surface area contributed by atoms with E-state index in [4.69, 9.17) is 0 Å². The summed E-state index contributed by atoms with van der Waals surface area (Å²) in [6.45, 7) is 5.17. The number of nitrogens with one attached hydrogen (secondary N) is 1. The van der Waals surface area contributed by atoms with E-state index in [9.17, 15) is 14.4 Å². The highest BCUT2D eigenvalue weighted by atomic mass is 16.2. The van der Waals surface area contributed by atoms with Gasteiger partial charge in [0.25, 0.3) is 0 Å². The molecule has 2 heterocycles.